The molecular formula is C22H21ClN4O2S. The molecule has 0 bridgehead atoms. The number of nitrogens with zero attached hydrogens (tertiary/aromatic N) is 4. The SMILES string of the molecule is CC(C)CCn1c(SCc2nnc(-c3ccccc3Cl)o2)nc2ccccc2c1=O. The first-order chi connectivity index (χ1) is 14.5. The fourth-order valence-corrected chi connectivity index (χ4v) is 4.10. The zero-order chi connectivity index (χ0) is 21.1. The van der Waals surface area contributed by atoms with Crippen LogP contribution in [-0.4, -0.2) is 19.7 Å². The molecule has 4 rings (SSSR count). The predicted molar refractivity (Wildman–Crippen MR) is 120 cm³/mol. The Bertz CT molecular complexity index is 1240. The number of halogens is 1. The third-order valence-corrected chi connectivity index (χ3v) is 5.94. The molecule has 0 unspecified atom stereocenters. The highest BCUT2D eigenvalue weighted by Gasteiger charge is 2.15. The molecular weight excluding hydrogens is 420 g/mol. The number of thioether (sulfide) groups is 1. The molecule has 0 fully saturated rings. The van der Waals surface area contributed by atoms with Crippen molar-refractivity contribution in [3.63, 3.8) is 0 Å². The summed E-state index contributed by atoms with van der Waals surface area (Å²) in [5.74, 6) is 1.71. The van der Waals surface area contributed by atoms with E-state index in [2.05, 4.69) is 24.0 Å². The molecule has 2 heterocycles. The van der Waals surface area contributed by atoms with Crippen LogP contribution in [0.15, 0.2) is 62.9 Å². The highest BCUT2D eigenvalue weighted by atomic mass is 35.5. The van der Waals surface area contributed by atoms with E-state index in [4.69, 9.17) is 21.0 Å². The van der Waals surface area contributed by atoms with Gasteiger partial charge in [0.2, 0.25) is 11.8 Å². The lowest BCUT2D eigenvalue weighted by molar-refractivity contribution is 0.480. The number of rotatable bonds is 7. The van der Waals surface area contributed by atoms with Crippen molar-refractivity contribution in [2.75, 3.05) is 0 Å². The number of para-hydroxylation sites is 1. The highest BCUT2D eigenvalue weighted by Crippen LogP contribution is 2.28. The van der Waals surface area contributed by atoms with E-state index >= 15 is 0 Å². The Hall–Kier alpha value is -2.64. The second kappa shape index (κ2) is 9.02. The maximum absolute atomic E-state index is 13.0. The summed E-state index contributed by atoms with van der Waals surface area (Å²) < 4.78 is 7.53. The first-order valence-corrected chi connectivity index (χ1v) is 11.1. The van der Waals surface area contributed by atoms with Crippen LogP contribution in [0.3, 0.4) is 0 Å². The quantitative estimate of drug-likeness (QED) is 0.281. The van der Waals surface area contributed by atoms with Crippen LogP contribution in [0.4, 0.5) is 0 Å². The van der Waals surface area contributed by atoms with E-state index in [1.165, 1.54) is 11.8 Å². The van der Waals surface area contributed by atoms with E-state index < -0.39 is 0 Å². The monoisotopic (exact) mass is 440 g/mol. The van der Waals surface area contributed by atoms with Gasteiger partial charge in [-0.3, -0.25) is 9.36 Å². The second-order valence-electron chi connectivity index (χ2n) is 7.32. The molecule has 6 nitrogen and oxygen atoms in total. The van der Waals surface area contributed by atoms with Gasteiger partial charge in [-0.05, 0) is 36.6 Å². The molecule has 0 aliphatic heterocycles. The van der Waals surface area contributed by atoms with E-state index in [9.17, 15) is 4.79 Å². The van der Waals surface area contributed by atoms with Crippen LogP contribution in [0.5, 0.6) is 0 Å². The zero-order valence-corrected chi connectivity index (χ0v) is 18.3. The molecule has 2 aromatic carbocycles. The predicted octanol–water partition coefficient (Wildman–Crippen LogP) is 5.44. The van der Waals surface area contributed by atoms with E-state index in [-0.39, 0.29) is 5.56 Å². The molecule has 2 aromatic heterocycles. The van der Waals surface area contributed by atoms with Gasteiger partial charge in [0, 0.05) is 6.54 Å². The van der Waals surface area contributed by atoms with Crippen molar-refractivity contribution in [2.24, 2.45) is 5.92 Å². The minimum absolute atomic E-state index is 0.0222. The Kier molecular flexibility index (Phi) is 6.20. The standard InChI is InChI=1S/C22H21ClN4O2S/c1-14(2)11-12-27-21(28)16-8-4-6-10-18(16)24-22(27)30-13-19-25-26-20(29-19)15-7-3-5-9-17(15)23/h3-10,14H,11-13H2,1-2H3. The summed E-state index contributed by atoms with van der Waals surface area (Å²) in [6.07, 6.45) is 0.894. The van der Waals surface area contributed by atoms with Crippen molar-refractivity contribution in [3.05, 3.63) is 69.8 Å². The third-order valence-electron chi connectivity index (χ3n) is 4.65. The third kappa shape index (κ3) is 4.42. The molecule has 0 aliphatic rings. The fourth-order valence-electron chi connectivity index (χ4n) is 3.02. The number of benzene rings is 2. The maximum Gasteiger partial charge on any atom is 0.262 e. The lowest BCUT2D eigenvalue weighted by atomic mass is 10.1. The van der Waals surface area contributed by atoms with Gasteiger partial charge in [-0.2, -0.15) is 0 Å². The van der Waals surface area contributed by atoms with Gasteiger partial charge in [0.1, 0.15) is 0 Å². The molecule has 30 heavy (non-hydrogen) atoms. The Morgan fingerprint density at radius 3 is 2.67 bits per heavy atom. The van der Waals surface area contributed by atoms with Crippen LogP contribution < -0.4 is 5.56 Å². The Morgan fingerprint density at radius 2 is 1.87 bits per heavy atom. The number of hydrogen-bond acceptors (Lipinski definition) is 6. The van der Waals surface area contributed by atoms with Crippen LogP contribution in [0.2, 0.25) is 5.02 Å². The van der Waals surface area contributed by atoms with Gasteiger partial charge in [-0.15, -0.1) is 10.2 Å². The first-order valence-electron chi connectivity index (χ1n) is 9.72. The van der Waals surface area contributed by atoms with E-state index in [1.807, 2.05) is 42.5 Å². The fraction of sp³-hybridized carbons (Fsp3) is 0.273. The van der Waals surface area contributed by atoms with Gasteiger partial charge in [0.15, 0.2) is 5.16 Å². The van der Waals surface area contributed by atoms with Gasteiger partial charge in [-0.1, -0.05) is 61.5 Å². The summed E-state index contributed by atoms with van der Waals surface area (Å²) in [6, 6.07) is 14.8. The van der Waals surface area contributed by atoms with Gasteiger partial charge in [-0.25, -0.2) is 4.98 Å². The van der Waals surface area contributed by atoms with E-state index in [0.717, 1.165) is 6.42 Å². The van der Waals surface area contributed by atoms with Crippen molar-refractivity contribution < 1.29 is 4.42 Å². The summed E-state index contributed by atoms with van der Waals surface area (Å²) in [6.45, 7) is 4.90. The maximum atomic E-state index is 13.0. The van der Waals surface area contributed by atoms with Crippen LogP contribution in [0, 0.1) is 5.92 Å². The minimum Gasteiger partial charge on any atom is -0.420 e. The van der Waals surface area contributed by atoms with Gasteiger partial charge < -0.3 is 4.42 Å². The zero-order valence-electron chi connectivity index (χ0n) is 16.7. The van der Waals surface area contributed by atoms with Gasteiger partial charge in [0.25, 0.3) is 5.56 Å². The molecule has 0 amide bonds. The van der Waals surface area contributed by atoms with Crippen LogP contribution in [-0.2, 0) is 12.3 Å². The lowest BCUT2D eigenvalue weighted by Crippen LogP contribution is -2.24. The van der Waals surface area contributed by atoms with Crippen molar-refractivity contribution in [1.29, 1.82) is 0 Å². The molecule has 0 saturated carbocycles. The van der Waals surface area contributed by atoms with Gasteiger partial charge >= 0.3 is 0 Å². The number of fused-ring (bicyclic) bond motifs is 1. The van der Waals surface area contributed by atoms with Crippen molar-refractivity contribution in [2.45, 2.75) is 37.7 Å². The molecule has 154 valence electrons. The van der Waals surface area contributed by atoms with Crippen LogP contribution >= 0.6 is 23.4 Å². The first kappa shape index (κ1) is 20.6. The normalized spacial score (nSPS) is 11.5. The van der Waals surface area contributed by atoms with Crippen LogP contribution in [0.25, 0.3) is 22.4 Å². The summed E-state index contributed by atoms with van der Waals surface area (Å²) in [5, 5.41) is 10.1. The Labute approximate surface area is 183 Å². The van der Waals surface area contributed by atoms with E-state index in [1.54, 1.807) is 10.6 Å². The molecule has 0 spiro atoms. The molecule has 0 aliphatic carbocycles. The molecule has 0 saturated heterocycles. The summed E-state index contributed by atoms with van der Waals surface area (Å²) >= 11 is 7.63. The minimum atomic E-state index is -0.0222. The Balaban J connectivity index is 1.61. The number of aromatic nitrogens is 4. The second-order valence-corrected chi connectivity index (χ2v) is 8.67. The Morgan fingerprint density at radius 1 is 1.10 bits per heavy atom. The molecule has 0 N–H and O–H groups in total. The lowest BCUT2D eigenvalue weighted by Gasteiger charge is -2.13. The van der Waals surface area contributed by atoms with Crippen molar-refractivity contribution in [3.8, 4) is 11.5 Å². The average molecular weight is 441 g/mol. The van der Waals surface area contributed by atoms with E-state index in [0.29, 0.717) is 56.6 Å². The number of hydrogen-bond donors (Lipinski definition) is 0. The average Bonchev–Trinajstić information content (AvgIpc) is 3.21. The summed E-state index contributed by atoms with van der Waals surface area (Å²) in [7, 11) is 0. The van der Waals surface area contributed by atoms with Crippen LogP contribution in [0.1, 0.15) is 26.2 Å². The smallest absolute Gasteiger partial charge is 0.262 e. The molecule has 0 radical (unpaired) electrons. The summed E-state index contributed by atoms with van der Waals surface area (Å²) in [5.41, 5.74) is 1.36. The molecule has 8 heteroatoms. The van der Waals surface area contributed by atoms with Crippen molar-refractivity contribution >= 4 is 34.3 Å². The topological polar surface area (TPSA) is 73.8 Å². The summed E-state index contributed by atoms with van der Waals surface area (Å²) in [4.78, 5) is 17.8. The largest absolute Gasteiger partial charge is 0.420 e. The van der Waals surface area contributed by atoms with Gasteiger partial charge in [0.05, 0.1) is 27.2 Å². The van der Waals surface area contributed by atoms with Crippen molar-refractivity contribution in [1.82, 2.24) is 19.7 Å². The highest BCUT2D eigenvalue weighted by molar-refractivity contribution is 7.98. The molecule has 4 aromatic rings. The molecule has 0 atom stereocenters.